The van der Waals surface area contributed by atoms with Gasteiger partial charge in [0.2, 0.25) is 0 Å². The fourth-order valence-corrected chi connectivity index (χ4v) is 2.02. The van der Waals surface area contributed by atoms with Gasteiger partial charge >= 0.3 is 0 Å². The molecule has 0 saturated carbocycles. The molecule has 0 radical (unpaired) electrons. The van der Waals surface area contributed by atoms with Gasteiger partial charge in [-0.15, -0.1) is 0 Å². The van der Waals surface area contributed by atoms with Gasteiger partial charge in [-0.25, -0.2) is 0 Å². The zero-order chi connectivity index (χ0) is 10.9. The van der Waals surface area contributed by atoms with Gasteiger partial charge in [0, 0.05) is 5.56 Å². The van der Waals surface area contributed by atoms with E-state index in [0.717, 1.165) is 11.1 Å². The van der Waals surface area contributed by atoms with Crippen LogP contribution in [0.25, 0.3) is 0 Å². The van der Waals surface area contributed by atoms with Crippen LogP contribution in [-0.4, -0.2) is 19.3 Å². The van der Waals surface area contributed by atoms with Crippen molar-refractivity contribution in [3.05, 3.63) is 15.6 Å². The monoisotopic (exact) mass is 260 g/mol. The first-order valence-electron chi connectivity index (χ1n) is 4.14. The Balaban J connectivity index is 3.55. The number of phenolic OH excluding ortho intramolecular Hbond substituents is 1. The molecule has 1 aromatic rings. The van der Waals surface area contributed by atoms with Crippen LogP contribution in [0.4, 0.5) is 0 Å². The number of ether oxygens (including phenoxy) is 2. The minimum Gasteiger partial charge on any atom is -0.503 e. The molecule has 0 atom stereocenters. The molecule has 14 heavy (non-hydrogen) atoms. The number of aromatic hydroxyl groups is 1. The maximum Gasteiger partial charge on any atom is 0.176 e. The molecule has 1 aromatic carbocycles. The zero-order valence-electron chi connectivity index (χ0n) is 8.64. The molecule has 0 aliphatic rings. The van der Waals surface area contributed by atoms with Gasteiger partial charge in [0.05, 0.1) is 14.2 Å². The van der Waals surface area contributed by atoms with Gasteiger partial charge in [-0.3, -0.25) is 0 Å². The van der Waals surface area contributed by atoms with E-state index in [1.54, 1.807) is 7.11 Å². The van der Waals surface area contributed by atoms with Crippen molar-refractivity contribution in [3.8, 4) is 17.2 Å². The number of phenols is 1. The number of halogens is 1. The summed E-state index contributed by atoms with van der Waals surface area (Å²) >= 11 is 3.26. The minimum atomic E-state index is 0.0763. The van der Waals surface area contributed by atoms with Gasteiger partial charge in [-0.2, -0.15) is 0 Å². The van der Waals surface area contributed by atoms with Gasteiger partial charge in [-0.05, 0) is 35.3 Å². The lowest BCUT2D eigenvalue weighted by Crippen LogP contribution is -1.96. The molecule has 0 amide bonds. The second-order valence-electron chi connectivity index (χ2n) is 2.98. The highest BCUT2D eigenvalue weighted by Gasteiger charge is 2.18. The molecule has 78 valence electrons. The molecule has 0 saturated heterocycles. The van der Waals surface area contributed by atoms with E-state index in [2.05, 4.69) is 15.9 Å². The number of hydrogen-bond donors (Lipinski definition) is 1. The highest BCUT2D eigenvalue weighted by Crippen LogP contribution is 2.45. The summed E-state index contributed by atoms with van der Waals surface area (Å²) in [4.78, 5) is 0. The van der Waals surface area contributed by atoms with Gasteiger partial charge in [0.1, 0.15) is 10.2 Å². The molecular formula is C10H13BrO3. The lowest BCUT2D eigenvalue weighted by molar-refractivity contribution is 0.358. The van der Waals surface area contributed by atoms with Crippen molar-refractivity contribution in [1.29, 1.82) is 0 Å². The number of hydrogen-bond acceptors (Lipinski definition) is 3. The molecule has 3 nitrogen and oxygen atoms in total. The van der Waals surface area contributed by atoms with Crippen molar-refractivity contribution >= 4 is 15.9 Å². The Hall–Kier alpha value is -0.900. The minimum absolute atomic E-state index is 0.0763. The van der Waals surface area contributed by atoms with E-state index < -0.39 is 0 Å². The van der Waals surface area contributed by atoms with Crippen LogP contribution in [0.1, 0.15) is 11.1 Å². The van der Waals surface area contributed by atoms with Crippen molar-refractivity contribution in [1.82, 2.24) is 0 Å². The molecule has 0 heterocycles. The van der Waals surface area contributed by atoms with E-state index in [0.29, 0.717) is 16.0 Å². The Morgan fingerprint density at radius 1 is 1.00 bits per heavy atom. The highest BCUT2D eigenvalue weighted by atomic mass is 79.9. The molecule has 0 aliphatic heterocycles. The van der Waals surface area contributed by atoms with E-state index in [9.17, 15) is 5.11 Å². The smallest absolute Gasteiger partial charge is 0.176 e. The maximum absolute atomic E-state index is 9.76. The summed E-state index contributed by atoms with van der Waals surface area (Å²) in [6.07, 6.45) is 0. The van der Waals surface area contributed by atoms with E-state index in [-0.39, 0.29) is 5.75 Å². The van der Waals surface area contributed by atoms with Crippen LogP contribution in [0, 0.1) is 13.8 Å². The van der Waals surface area contributed by atoms with Crippen molar-refractivity contribution in [2.24, 2.45) is 0 Å². The van der Waals surface area contributed by atoms with Crippen LogP contribution in [-0.2, 0) is 0 Å². The summed E-state index contributed by atoms with van der Waals surface area (Å²) in [7, 11) is 3.10. The van der Waals surface area contributed by atoms with Gasteiger partial charge in [0.15, 0.2) is 11.5 Å². The average molecular weight is 261 g/mol. The quantitative estimate of drug-likeness (QED) is 0.889. The molecular weight excluding hydrogens is 248 g/mol. The first-order chi connectivity index (χ1) is 6.54. The van der Waals surface area contributed by atoms with E-state index >= 15 is 0 Å². The third-order valence-electron chi connectivity index (χ3n) is 2.27. The zero-order valence-corrected chi connectivity index (χ0v) is 10.2. The van der Waals surface area contributed by atoms with Gasteiger partial charge in [-0.1, -0.05) is 0 Å². The van der Waals surface area contributed by atoms with E-state index in [4.69, 9.17) is 9.47 Å². The summed E-state index contributed by atoms with van der Waals surface area (Å²) < 4.78 is 10.8. The third-order valence-corrected chi connectivity index (χ3v) is 3.01. The Bertz CT molecular complexity index is 297. The lowest BCUT2D eigenvalue weighted by Gasteiger charge is -2.15. The summed E-state index contributed by atoms with van der Waals surface area (Å²) in [6, 6.07) is 0. The maximum atomic E-state index is 9.76. The van der Waals surface area contributed by atoms with Crippen LogP contribution in [0.3, 0.4) is 0 Å². The normalized spacial score (nSPS) is 10.1. The van der Waals surface area contributed by atoms with E-state index in [1.807, 2.05) is 13.8 Å². The van der Waals surface area contributed by atoms with Crippen molar-refractivity contribution in [2.75, 3.05) is 14.2 Å². The lowest BCUT2D eigenvalue weighted by atomic mass is 10.1. The molecule has 1 N–H and O–H groups in total. The van der Waals surface area contributed by atoms with Crippen LogP contribution in [0.5, 0.6) is 17.2 Å². The molecule has 0 spiro atoms. The second-order valence-corrected chi connectivity index (χ2v) is 3.77. The molecule has 0 fully saturated rings. The largest absolute Gasteiger partial charge is 0.503 e. The Morgan fingerprint density at radius 3 is 1.86 bits per heavy atom. The number of benzene rings is 1. The fraction of sp³-hybridized carbons (Fsp3) is 0.400. The Labute approximate surface area is 91.8 Å². The van der Waals surface area contributed by atoms with Gasteiger partial charge < -0.3 is 14.6 Å². The Kier molecular flexibility index (Phi) is 3.26. The van der Waals surface area contributed by atoms with Crippen molar-refractivity contribution < 1.29 is 14.6 Å². The topological polar surface area (TPSA) is 38.7 Å². The molecule has 0 aromatic heterocycles. The summed E-state index contributed by atoms with van der Waals surface area (Å²) in [6.45, 7) is 3.80. The van der Waals surface area contributed by atoms with Crippen molar-refractivity contribution in [3.63, 3.8) is 0 Å². The van der Waals surface area contributed by atoms with E-state index in [1.165, 1.54) is 7.11 Å². The fourth-order valence-electron chi connectivity index (χ4n) is 1.38. The van der Waals surface area contributed by atoms with Crippen LogP contribution in [0.15, 0.2) is 4.47 Å². The number of rotatable bonds is 2. The number of methoxy groups -OCH3 is 2. The summed E-state index contributed by atoms with van der Waals surface area (Å²) in [5.41, 5.74) is 1.83. The third kappa shape index (κ3) is 1.54. The summed E-state index contributed by atoms with van der Waals surface area (Å²) in [5.74, 6) is 1.20. The van der Waals surface area contributed by atoms with Crippen molar-refractivity contribution in [2.45, 2.75) is 13.8 Å². The first kappa shape index (κ1) is 11.2. The highest BCUT2D eigenvalue weighted by molar-refractivity contribution is 9.10. The van der Waals surface area contributed by atoms with Crippen LogP contribution in [0.2, 0.25) is 0 Å². The predicted octanol–water partition coefficient (Wildman–Crippen LogP) is 2.79. The SMILES string of the molecule is COc1c(C)c(C)c(OC)c(Br)c1O. The Morgan fingerprint density at radius 2 is 1.43 bits per heavy atom. The second kappa shape index (κ2) is 4.09. The molecule has 1 rings (SSSR count). The molecule has 0 unspecified atom stereocenters. The average Bonchev–Trinajstić information content (AvgIpc) is 2.17. The van der Waals surface area contributed by atoms with Crippen LogP contribution < -0.4 is 9.47 Å². The molecule has 4 heteroatoms. The molecule has 0 aliphatic carbocycles. The standard InChI is InChI=1S/C10H13BrO3/c1-5-6(2)10(14-4)8(12)7(11)9(5)13-3/h12H,1-4H3. The predicted molar refractivity (Wildman–Crippen MR) is 58.4 cm³/mol. The molecule has 0 bridgehead atoms. The van der Waals surface area contributed by atoms with Gasteiger partial charge in [0.25, 0.3) is 0 Å². The van der Waals surface area contributed by atoms with Crippen LogP contribution >= 0.6 is 15.9 Å². The summed E-state index contributed by atoms with van der Waals surface area (Å²) in [5, 5.41) is 9.76. The first-order valence-corrected chi connectivity index (χ1v) is 4.93.